The number of H-pyrrole nitrogens is 1. The van der Waals surface area contributed by atoms with Crippen LogP contribution in [0, 0.1) is 10.1 Å². The Morgan fingerprint density at radius 1 is 1.33 bits per heavy atom. The number of nitro groups is 1. The number of halogens is 1. The van der Waals surface area contributed by atoms with E-state index in [1.807, 2.05) is 30.5 Å². The highest BCUT2D eigenvalue weighted by molar-refractivity contribution is 6.33. The molecule has 1 atom stereocenters. The van der Waals surface area contributed by atoms with Crippen molar-refractivity contribution in [2.45, 2.75) is 6.04 Å². The first kappa shape index (κ1) is 16.3. The summed E-state index contributed by atoms with van der Waals surface area (Å²) in [7, 11) is 1.59. The molecule has 124 valence electrons. The second kappa shape index (κ2) is 6.90. The van der Waals surface area contributed by atoms with Crippen molar-refractivity contribution in [3.8, 4) is 0 Å². The van der Waals surface area contributed by atoms with Crippen LogP contribution in [0.1, 0.15) is 11.6 Å². The SMILES string of the molecule is COCC(Nc1cccc(Cl)c1[N+](=O)[O-])c1ccc2[nH]ccc2c1. The number of rotatable bonds is 6. The first-order valence-electron chi connectivity index (χ1n) is 7.35. The minimum atomic E-state index is -0.482. The van der Waals surface area contributed by atoms with Crippen molar-refractivity contribution >= 4 is 33.9 Å². The van der Waals surface area contributed by atoms with E-state index in [9.17, 15) is 10.1 Å². The van der Waals surface area contributed by atoms with E-state index in [0.29, 0.717) is 12.3 Å². The number of hydrogen-bond donors (Lipinski definition) is 2. The lowest BCUT2D eigenvalue weighted by Crippen LogP contribution is -2.17. The van der Waals surface area contributed by atoms with Gasteiger partial charge in [-0.25, -0.2) is 0 Å². The van der Waals surface area contributed by atoms with Gasteiger partial charge >= 0.3 is 5.69 Å². The molecule has 0 aliphatic heterocycles. The van der Waals surface area contributed by atoms with E-state index in [4.69, 9.17) is 16.3 Å². The zero-order valence-electron chi connectivity index (χ0n) is 13.0. The highest BCUT2D eigenvalue weighted by atomic mass is 35.5. The zero-order valence-corrected chi connectivity index (χ0v) is 13.7. The van der Waals surface area contributed by atoms with Crippen molar-refractivity contribution in [2.24, 2.45) is 0 Å². The molecule has 2 aromatic carbocycles. The van der Waals surface area contributed by atoms with Crippen LogP contribution in [0.3, 0.4) is 0 Å². The van der Waals surface area contributed by atoms with Crippen LogP contribution in [-0.4, -0.2) is 23.6 Å². The van der Waals surface area contributed by atoms with Crippen molar-refractivity contribution in [3.63, 3.8) is 0 Å². The maximum atomic E-state index is 11.3. The quantitative estimate of drug-likeness (QED) is 0.508. The highest BCUT2D eigenvalue weighted by Crippen LogP contribution is 2.34. The third kappa shape index (κ3) is 3.20. The lowest BCUT2D eigenvalue weighted by molar-refractivity contribution is -0.383. The molecule has 2 N–H and O–H groups in total. The topological polar surface area (TPSA) is 80.2 Å². The second-order valence-corrected chi connectivity index (χ2v) is 5.78. The summed E-state index contributed by atoms with van der Waals surface area (Å²) >= 11 is 5.98. The average molecular weight is 346 g/mol. The van der Waals surface area contributed by atoms with Crippen molar-refractivity contribution in [2.75, 3.05) is 19.0 Å². The number of nitrogens with one attached hydrogen (secondary N) is 2. The lowest BCUT2D eigenvalue weighted by Gasteiger charge is -2.20. The van der Waals surface area contributed by atoms with E-state index in [0.717, 1.165) is 16.5 Å². The first-order valence-corrected chi connectivity index (χ1v) is 7.73. The molecule has 0 fully saturated rings. The standard InChI is InChI=1S/C17H16ClN3O3/c1-24-10-16(11-5-6-14-12(9-11)7-8-19-14)20-15-4-2-3-13(18)17(15)21(22)23/h2-9,16,19-20H,10H2,1H3. The van der Waals surface area contributed by atoms with Gasteiger partial charge in [0.05, 0.1) is 17.6 Å². The Balaban J connectivity index is 1.97. The number of fused-ring (bicyclic) bond motifs is 1. The van der Waals surface area contributed by atoms with Gasteiger partial charge in [-0.3, -0.25) is 10.1 Å². The summed E-state index contributed by atoms with van der Waals surface area (Å²) in [4.78, 5) is 14.0. The number of nitrogens with zero attached hydrogens (tertiary/aromatic N) is 1. The van der Waals surface area contributed by atoms with Crippen LogP contribution < -0.4 is 5.32 Å². The van der Waals surface area contributed by atoms with Crippen molar-refractivity contribution < 1.29 is 9.66 Å². The van der Waals surface area contributed by atoms with Crippen LogP contribution in [-0.2, 0) is 4.74 Å². The van der Waals surface area contributed by atoms with Gasteiger partial charge in [-0.1, -0.05) is 23.7 Å². The van der Waals surface area contributed by atoms with Gasteiger partial charge in [-0.15, -0.1) is 0 Å². The molecule has 0 spiro atoms. The van der Waals surface area contributed by atoms with Crippen molar-refractivity contribution in [1.29, 1.82) is 0 Å². The molecule has 7 heteroatoms. The summed E-state index contributed by atoms with van der Waals surface area (Å²) < 4.78 is 5.28. The van der Waals surface area contributed by atoms with Gasteiger partial charge in [0.15, 0.2) is 0 Å². The van der Waals surface area contributed by atoms with Gasteiger partial charge < -0.3 is 15.0 Å². The van der Waals surface area contributed by atoms with E-state index in [1.165, 1.54) is 6.07 Å². The largest absolute Gasteiger partial charge is 0.382 e. The fourth-order valence-corrected chi connectivity index (χ4v) is 2.93. The Hall–Kier alpha value is -2.57. The van der Waals surface area contributed by atoms with Crippen molar-refractivity contribution in [1.82, 2.24) is 4.98 Å². The second-order valence-electron chi connectivity index (χ2n) is 5.37. The number of nitro benzene ring substituents is 1. The molecule has 1 unspecified atom stereocenters. The third-order valence-corrected chi connectivity index (χ3v) is 4.12. The van der Waals surface area contributed by atoms with Gasteiger partial charge in [0.25, 0.3) is 0 Å². The molecule has 1 aromatic heterocycles. The number of ether oxygens (including phenoxy) is 1. The number of methoxy groups -OCH3 is 1. The number of para-hydroxylation sites is 1. The smallest absolute Gasteiger partial charge is 0.310 e. The van der Waals surface area contributed by atoms with Gasteiger partial charge in [0, 0.05) is 18.8 Å². The zero-order chi connectivity index (χ0) is 17.1. The molecule has 1 heterocycles. The minimum Gasteiger partial charge on any atom is -0.382 e. The van der Waals surface area contributed by atoms with Crippen LogP contribution in [0.15, 0.2) is 48.7 Å². The Morgan fingerprint density at radius 3 is 2.92 bits per heavy atom. The number of benzene rings is 2. The van der Waals surface area contributed by atoms with Crippen LogP contribution in [0.4, 0.5) is 11.4 Å². The molecule has 0 aliphatic rings. The predicted molar refractivity (Wildman–Crippen MR) is 94.6 cm³/mol. The molecule has 3 aromatic rings. The van der Waals surface area contributed by atoms with Crippen LogP contribution in [0.25, 0.3) is 10.9 Å². The molecule has 0 bridgehead atoms. The maximum Gasteiger partial charge on any atom is 0.310 e. The molecule has 6 nitrogen and oxygen atoms in total. The summed E-state index contributed by atoms with van der Waals surface area (Å²) in [5.41, 5.74) is 2.23. The molecular weight excluding hydrogens is 330 g/mol. The number of aromatic amines is 1. The predicted octanol–water partition coefficient (Wildman–Crippen LogP) is 4.53. The highest BCUT2D eigenvalue weighted by Gasteiger charge is 2.21. The van der Waals surface area contributed by atoms with Crippen LogP contribution >= 0.6 is 11.6 Å². The fourth-order valence-electron chi connectivity index (χ4n) is 2.68. The first-order chi connectivity index (χ1) is 11.6. The summed E-state index contributed by atoms with van der Waals surface area (Å²) in [5, 5.41) is 15.7. The molecule has 0 saturated heterocycles. The van der Waals surface area contributed by atoms with E-state index >= 15 is 0 Å². The van der Waals surface area contributed by atoms with E-state index in [-0.39, 0.29) is 16.8 Å². The van der Waals surface area contributed by atoms with Crippen LogP contribution in [0.2, 0.25) is 5.02 Å². The minimum absolute atomic E-state index is 0.0993. The molecule has 0 saturated carbocycles. The van der Waals surface area contributed by atoms with Gasteiger partial charge in [-0.05, 0) is 41.3 Å². The van der Waals surface area contributed by atoms with Gasteiger partial charge in [-0.2, -0.15) is 0 Å². The molecule has 0 amide bonds. The summed E-state index contributed by atoms with van der Waals surface area (Å²) in [6.07, 6.45) is 1.87. The van der Waals surface area contributed by atoms with Crippen LogP contribution in [0.5, 0.6) is 0 Å². The average Bonchev–Trinajstić information content (AvgIpc) is 3.01. The Bertz CT molecular complexity index is 878. The summed E-state index contributed by atoms with van der Waals surface area (Å²) in [6.45, 7) is 0.361. The Kier molecular flexibility index (Phi) is 4.69. The fraction of sp³-hybridized carbons (Fsp3) is 0.176. The Morgan fingerprint density at radius 2 is 2.17 bits per heavy atom. The summed E-state index contributed by atoms with van der Waals surface area (Å²) in [6, 6.07) is 12.5. The van der Waals surface area contributed by atoms with E-state index in [2.05, 4.69) is 10.3 Å². The molecular formula is C17H16ClN3O3. The van der Waals surface area contributed by atoms with Crippen molar-refractivity contribution in [3.05, 3.63) is 69.4 Å². The number of anilines is 1. The third-order valence-electron chi connectivity index (χ3n) is 3.81. The van der Waals surface area contributed by atoms with E-state index < -0.39 is 4.92 Å². The number of aromatic nitrogens is 1. The Labute approximate surface area is 143 Å². The van der Waals surface area contributed by atoms with Gasteiger partial charge in [0.1, 0.15) is 10.7 Å². The molecule has 3 rings (SSSR count). The molecule has 24 heavy (non-hydrogen) atoms. The maximum absolute atomic E-state index is 11.3. The molecule has 0 aliphatic carbocycles. The molecule has 0 radical (unpaired) electrons. The summed E-state index contributed by atoms with van der Waals surface area (Å²) in [5.74, 6) is 0. The normalized spacial score (nSPS) is 12.2. The van der Waals surface area contributed by atoms with Gasteiger partial charge in [0.2, 0.25) is 0 Å². The number of hydrogen-bond acceptors (Lipinski definition) is 4. The monoisotopic (exact) mass is 345 g/mol. The van der Waals surface area contributed by atoms with E-state index in [1.54, 1.807) is 19.2 Å². The lowest BCUT2D eigenvalue weighted by atomic mass is 10.0.